The number of aliphatic hydroxyl groups is 1. The molecule has 1 aliphatic carbocycles. The minimum Gasteiger partial charge on any atom is -0.396 e. The summed E-state index contributed by atoms with van der Waals surface area (Å²) in [4.78, 5) is 28.9. The Kier molecular flexibility index (Phi) is 10.3. The number of carbonyl (C=O) groups is 2. The number of amides is 2. The fourth-order valence-corrected chi connectivity index (χ4v) is 5.76. The molecule has 0 aromatic heterocycles. The number of hydrogen-bond acceptors (Lipinski definition) is 5. The summed E-state index contributed by atoms with van der Waals surface area (Å²) in [6.45, 7) is 0.417. The Morgan fingerprint density at radius 2 is 1.60 bits per heavy atom. The van der Waals surface area contributed by atoms with Crippen molar-refractivity contribution in [3.63, 3.8) is 0 Å². The lowest BCUT2D eigenvalue weighted by molar-refractivity contribution is -0.141. The summed E-state index contributed by atoms with van der Waals surface area (Å²) >= 11 is 6.07. The fourth-order valence-electron chi connectivity index (χ4n) is 4.32. The van der Waals surface area contributed by atoms with Crippen LogP contribution in [0, 0.1) is 0 Å². The molecule has 3 aromatic carbocycles. The molecule has 0 radical (unpaired) electrons. The van der Waals surface area contributed by atoms with Gasteiger partial charge in [-0.2, -0.15) is 0 Å². The van der Waals surface area contributed by atoms with Gasteiger partial charge in [0.15, 0.2) is 0 Å². The largest absolute Gasteiger partial charge is 0.396 e. The second-order valence-corrected chi connectivity index (χ2v) is 12.0. The first-order valence-corrected chi connectivity index (χ1v) is 15.2. The molecule has 4 rings (SSSR count). The quantitative estimate of drug-likeness (QED) is 0.248. The van der Waals surface area contributed by atoms with Crippen LogP contribution in [0.25, 0.3) is 0 Å². The average Bonchev–Trinajstić information content (AvgIpc) is 3.77. The molecule has 0 aliphatic heterocycles. The summed E-state index contributed by atoms with van der Waals surface area (Å²) in [7, 11) is -3.55. The van der Waals surface area contributed by atoms with Crippen molar-refractivity contribution in [3.05, 3.63) is 101 Å². The standard InChI is InChI=1S/C30H34ClN3O5S/c31-25-12-7-23(8-13-25)21-34(29(24-5-2-1-3-6-24)30(37)32-19-4-20-35)28(36)18-11-22-9-16-27(17-10-22)40(38,39)33-26-14-15-26/h1-3,5-10,12-13,16-17,26,29,33,35H,4,11,14-15,18-21H2,(H,32,37)/t29-/m1/s1. The molecule has 0 bridgehead atoms. The van der Waals surface area contributed by atoms with E-state index in [2.05, 4.69) is 10.0 Å². The van der Waals surface area contributed by atoms with E-state index < -0.39 is 16.1 Å². The van der Waals surface area contributed by atoms with Crippen molar-refractivity contribution in [1.82, 2.24) is 14.9 Å². The lowest BCUT2D eigenvalue weighted by atomic mass is 10.0. The number of halogens is 1. The van der Waals surface area contributed by atoms with Crippen LogP contribution < -0.4 is 10.0 Å². The second-order valence-electron chi connectivity index (χ2n) is 9.87. The monoisotopic (exact) mass is 583 g/mol. The van der Waals surface area contributed by atoms with Gasteiger partial charge in [-0.15, -0.1) is 0 Å². The Labute approximate surface area is 240 Å². The third kappa shape index (κ3) is 8.38. The number of nitrogens with one attached hydrogen (secondary N) is 2. The summed E-state index contributed by atoms with van der Waals surface area (Å²) < 4.78 is 27.6. The van der Waals surface area contributed by atoms with Crippen molar-refractivity contribution >= 4 is 33.4 Å². The van der Waals surface area contributed by atoms with E-state index >= 15 is 0 Å². The normalized spacial score (nSPS) is 13.9. The van der Waals surface area contributed by atoms with Crippen molar-refractivity contribution in [2.75, 3.05) is 13.2 Å². The zero-order valence-electron chi connectivity index (χ0n) is 22.1. The number of aryl methyl sites for hydroxylation is 1. The van der Waals surface area contributed by atoms with Crippen LogP contribution in [0.3, 0.4) is 0 Å². The molecule has 1 fully saturated rings. The molecule has 10 heteroatoms. The molecule has 1 aliphatic rings. The maximum Gasteiger partial charge on any atom is 0.247 e. The summed E-state index contributed by atoms with van der Waals surface area (Å²) in [5.74, 6) is -0.562. The molecule has 0 saturated heterocycles. The molecule has 3 aromatic rings. The minimum atomic E-state index is -3.55. The molecule has 1 saturated carbocycles. The Hall–Kier alpha value is -3.24. The third-order valence-electron chi connectivity index (χ3n) is 6.66. The van der Waals surface area contributed by atoms with E-state index in [1.54, 1.807) is 41.3 Å². The van der Waals surface area contributed by atoms with Crippen molar-refractivity contribution in [3.8, 4) is 0 Å². The van der Waals surface area contributed by atoms with E-state index in [0.717, 1.165) is 24.0 Å². The molecule has 8 nitrogen and oxygen atoms in total. The Bertz CT molecular complexity index is 1380. The van der Waals surface area contributed by atoms with E-state index in [1.807, 2.05) is 42.5 Å². The van der Waals surface area contributed by atoms with Crippen LogP contribution in [-0.2, 0) is 32.6 Å². The van der Waals surface area contributed by atoms with E-state index in [1.165, 1.54) is 0 Å². The van der Waals surface area contributed by atoms with Crippen LogP contribution >= 0.6 is 11.6 Å². The molecule has 1 atom stereocenters. The number of sulfonamides is 1. The zero-order valence-corrected chi connectivity index (χ0v) is 23.7. The first-order valence-electron chi connectivity index (χ1n) is 13.4. The molecule has 2 amide bonds. The van der Waals surface area contributed by atoms with Gasteiger partial charge in [-0.3, -0.25) is 9.59 Å². The third-order valence-corrected chi connectivity index (χ3v) is 8.44. The maximum absolute atomic E-state index is 13.8. The molecule has 212 valence electrons. The van der Waals surface area contributed by atoms with Gasteiger partial charge in [-0.25, -0.2) is 13.1 Å². The van der Waals surface area contributed by atoms with Crippen molar-refractivity contribution in [2.24, 2.45) is 0 Å². The van der Waals surface area contributed by atoms with Gasteiger partial charge < -0.3 is 15.3 Å². The van der Waals surface area contributed by atoms with E-state index in [0.29, 0.717) is 23.4 Å². The first-order chi connectivity index (χ1) is 19.3. The number of carbonyl (C=O) groups excluding carboxylic acids is 2. The van der Waals surface area contributed by atoms with Crippen molar-refractivity contribution in [2.45, 2.75) is 55.6 Å². The predicted octanol–water partition coefficient (Wildman–Crippen LogP) is 3.98. The zero-order chi connectivity index (χ0) is 28.5. The van der Waals surface area contributed by atoms with Crippen LogP contribution in [0.1, 0.15) is 48.4 Å². The summed E-state index contributed by atoms with van der Waals surface area (Å²) in [6.07, 6.45) is 2.61. The van der Waals surface area contributed by atoms with Gasteiger partial charge in [0.25, 0.3) is 0 Å². The van der Waals surface area contributed by atoms with Crippen molar-refractivity contribution < 1.29 is 23.1 Å². The van der Waals surface area contributed by atoms with Crippen LogP contribution in [0.5, 0.6) is 0 Å². The van der Waals surface area contributed by atoms with Gasteiger partial charge in [0.05, 0.1) is 4.90 Å². The number of rotatable bonds is 14. The second kappa shape index (κ2) is 13.9. The van der Waals surface area contributed by atoms with Gasteiger partial charge in [-0.05, 0) is 66.6 Å². The number of nitrogens with zero attached hydrogens (tertiary/aromatic N) is 1. The Morgan fingerprint density at radius 3 is 2.23 bits per heavy atom. The van der Waals surface area contributed by atoms with E-state index in [9.17, 15) is 18.0 Å². The Balaban J connectivity index is 1.54. The molecule has 0 unspecified atom stereocenters. The lowest BCUT2D eigenvalue weighted by Crippen LogP contribution is -2.43. The molecule has 40 heavy (non-hydrogen) atoms. The van der Waals surface area contributed by atoms with Crippen LogP contribution in [0.4, 0.5) is 0 Å². The fraction of sp³-hybridized carbons (Fsp3) is 0.333. The number of hydrogen-bond donors (Lipinski definition) is 3. The summed E-state index contributed by atoms with van der Waals surface area (Å²) in [6, 6.07) is 21.9. The molecule has 3 N–H and O–H groups in total. The SMILES string of the molecule is O=C(NCCCO)[C@@H](c1ccccc1)N(Cc1ccc(Cl)cc1)C(=O)CCc1ccc(S(=O)(=O)NC2CC2)cc1. The first kappa shape index (κ1) is 29.7. The smallest absolute Gasteiger partial charge is 0.247 e. The molecule has 0 spiro atoms. The van der Waals surface area contributed by atoms with Gasteiger partial charge in [0.2, 0.25) is 21.8 Å². The highest BCUT2D eigenvalue weighted by Gasteiger charge is 2.31. The minimum absolute atomic E-state index is 0.0207. The summed E-state index contributed by atoms with van der Waals surface area (Å²) in [5.41, 5.74) is 2.30. The predicted molar refractivity (Wildman–Crippen MR) is 154 cm³/mol. The molecule has 0 heterocycles. The van der Waals surface area contributed by atoms with Crippen LogP contribution in [-0.4, -0.2) is 49.4 Å². The molecular weight excluding hydrogens is 550 g/mol. The van der Waals surface area contributed by atoms with E-state index in [4.69, 9.17) is 16.7 Å². The van der Waals surface area contributed by atoms with Gasteiger partial charge in [0.1, 0.15) is 6.04 Å². The number of aliphatic hydroxyl groups excluding tert-OH is 1. The highest BCUT2D eigenvalue weighted by atomic mass is 35.5. The van der Waals surface area contributed by atoms with Gasteiger partial charge in [0, 0.05) is 37.2 Å². The number of benzene rings is 3. The van der Waals surface area contributed by atoms with Crippen LogP contribution in [0.15, 0.2) is 83.8 Å². The topological polar surface area (TPSA) is 116 Å². The Morgan fingerprint density at radius 1 is 0.950 bits per heavy atom. The van der Waals surface area contributed by atoms with Crippen molar-refractivity contribution in [1.29, 1.82) is 0 Å². The van der Waals surface area contributed by atoms with Gasteiger partial charge >= 0.3 is 0 Å². The van der Waals surface area contributed by atoms with Crippen LogP contribution in [0.2, 0.25) is 5.02 Å². The van der Waals surface area contributed by atoms with Gasteiger partial charge in [-0.1, -0.05) is 66.2 Å². The van der Waals surface area contributed by atoms with E-state index in [-0.39, 0.29) is 48.9 Å². The average molecular weight is 584 g/mol. The lowest BCUT2D eigenvalue weighted by Gasteiger charge is -2.32. The highest BCUT2D eigenvalue weighted by molar-refractivity contribution is 7.89. The molecular formula is C30H34ClN3O5S. The maximum atomic E-state index is 13.8. The highest BCUT2D eigenvalue weighted by Crippen LogP contribution is 2.26. The summed E-state index contributed by atoms with van der Waals surface area (Å²) in [5, 5.41) is 12.6.